The van der Waals surface area contributed by atoms with E-state index in [4.69, 9.17) is 4.74 Å². The summed E-state index contributed by atoms with van der Waals surface area (Å²) < 4.78 is 5.18. The fraction of sp³-hybridized carbons (Fsp3) is 0.296. The highest BCUT2D eigenvalue weighted by Crippen LogP contribution is 2.18. The molecular weight excluding hydrogens is 462 g/mol. The predicted octanol–water partition coefficient (Wildman–Crippen LogP) is 4.32. The van der Waals surface area contributed by atoms with Crippen molar-refractivity contribution in [3.8, 4) is 5.75 Å². The van der Waals surface area contributed by atoms with Crippen LogP contribution in [0.25, 0.3) is 0 Å². The largest absolute Gasteiger partial charge is 0.497 e. The first-order valence-corrected chi connectivity index (χ1v) is 12.6. The monoisotopic (exact) mass is 491 g/mol. The van der Waals surface area contributed by atoms with Crippen LogP contribution in [0.2, 0.25) is 0 Å². The van der Waals surface area contributed by atoms with Crippen molar-refractivity contribution in [2.24, 2.45) is 0 Å². The first kappa shape index (κ1) is 24.5. The van der Waals surface area contributed by atoms with Crippen molar-refractivity contribution in [1.82, 2.24) is 9.80 Å². The number of carbonyl (C=O) groups excluding carboxylic acids is 3. The Morgan fingerprint density at radius 3 is 2.46 bits per heavy atom. The number of rotatable bonds is 7. The quantitative estimate of drug-likeness (QED) is 0.534. The number of methoxy groups -OCH3 is 1. The molecule has 0 radical (unpaired) electrons. The second-order valence-corrected chi connectivity index (χ2v) is 9.33. The molecule has 0 bridgehead atoms. The maximum Gasteiger partial charge on any atom is 0.265 e. The number of aryl methyl sites for hydroxylation is 1. The SMILES string of the molecule is COc1ccc(CCC(=O)N2CCCN(C(=O)c3cccc(NC(=O)c4cccs4)c3)CC2)cc1. The van der Waals surface area contributed by atoms with E-state index in [2.05, 4.69) is 5.32 Å². The Morgan fingerprint density at radius 1 is 0.943 bits per heavy atom. The molecule has 0 saturated carbocycles. The highest BCUT2D eigenvalue weighted by molar-refractivity contribution is 7.12. The molecule has 1 aliphatic rings. The van der Waals surface area contributed by atoms with Gasteiger partial charge in [-0.15, -0.1) is 11.3 Å². The van der Waals surface area contributed by atoms with E-state index in [1.54, 1.807) is 42.3 Å². The molecule has 1 N–H and O–H groups in total. The van der Waals surface area contributed by atoms with Crippen LogP contribution in [0.15, 0.2) is 66.0 Å². The minimum Gasteiger partial charge on any atom is -0.497 e. The van der Waals surface area contributed by atoms with Crippen molar-refractivity contribution in [2.45, 2.75) is 19.3 Å². The average Bonchev–Trinajstić information content (AvgIpc) is 3.32. The Hall–Kier alpha value is -3.65. The van der Waals surface area contributed by atoms with Gasteiger partial charge in [-0.1, -0.05) is 24.3 Å². The number of thiophene rings is 1. The van der Waals surface area contributed by atoms with E-state index in [0.29, 0.717) is 55.1 Å². The summed E-state index contributed by atoms with van der Waals surface area (Å²) in [6.45, 7) is 2.23. The maximum absolute atomic E-state index is 13.2. The highest BCUT2D eigenvalue weighted by Gasteiger charge is 2.23. The Kier molecular flexibility index (Phi) is 8.15. The van der Waals surface area contributed by atoms with Crippen molar-refractivity contribution in [2.75, 3.05) is 38.6 Å². The van der Waals surface area contributed by atoms with E-state index >= 15 is 0 Å². The molecule has 0 spiro atoms. The van der Waals surface area contributed by atoms with E-state index in [0.717, 1.165) is 17.7 Å². The summed E-state index contributed by atoms with van der Waals surface area (Å²) in [5.74, 6) is 0.620. The number of nitrogens with one attached hydrogen (secondary N) is 1. The summed E-state index contributed by atoms with van der Waals surface area (Å²) >= 11 is 1.37. The van der Waals surface area contributed by atoms with Crippen molar-refractivity contribution in [3.05, 3.63) is 82.0 Å². The molecule has 0 aliphatic carbocycles. The molecule has 0 atom stereocenters. The van der Waals surface area contributed by atoms with Gasteiger partial charge in [-0.2, -0.15) is 0 Å². The zero-order valence-electron chi connectivity index (χ0n) is 19.7. The number of hydrogen-bond donors (Lipinski definition) is 1. The number of hydrogen-bond acceptors (Lipinski definition) is 5. The molecule has 1 aromatic heterocycles. The average molecular weight is 492 g/mol. The molecule has 2 heterocycles. The molecule has 7 nitrogen and oxygen atoms in total. The van der Waals surface area contributed by atoms with Crippen LogP contribution in [0.3, 0.4) is 0 Å². The van der Waals surface area contributed by atoms with Gasteiger partial charge in [0.2, 0.25) is 5.91 Å². The van der Waals surface area contributed by atoms with Gasteiger partial charge < -0.3 is 19.9 Å². The van der Waals surface area contributed by atoms with Gasteiger partial charge in [0, 0.05) is 43.9 Å². The number of nitrogens with zero attached hydrogens (tertiary/aromatic N) is 2. The molecule has 35 heavy (non-hydrogen) atoms. The molecule has 1 aliphatic heterocycles. The number of ether oxygens (including phenoxy) is 1. The summed E-state index contributed by atoms with van der Waals surface area (Å²) in [6.07, 6.45) is 1.84. The zero-order chi connectivity index (χ0) is 24.6. The van der Waals surface area contributed by atoms with Crippen LogP contribution in [0.5, 0.6) is 5.75 Å². The summed E-state index contributed by atoms with van der Waals surface area (Å²) in [5.41, 5.74) is 2.20. The minimum absolute atomic E-state index is 0.0928. The van der Waals surface area contributed by atoms with Crippen molar-refractivity contribution in [3.63, 3.8) is 0 Å². The van der Waals surface area contributed by atoms with E-state index in [9.17, 15) is 14.4 Å². The van der Waals surface area contributed by atoms with Gasteiger partial charge in [-0.05, 0) is 60.2 Å². The summed E-state index contributed by atoms with van der Waals surface area (Å²) in [7, 11) is 1.63. The molecule has 1 saturated heterocycles. The number of benzene rings is 2. The van der Waals surface area contributed by atoms with Gasteiger partial charge in [0.1, 0.15) is 5.75 Å². The summed E-state index contributed by atoms with van der Waals surface area (Å²) in [5, 5.41) is 4.70. The normalized spacial score (nSPS) is 13.7. The Labute approximate surface area is 209 Å². The fourth-order valence-corrected chi connectivity index (χ4v) is 4.70. The molecule has 0 unspecified atom stereocenters. The summed E-state index contributed by atoms with van der Waals surface area (Å²) in [6, 6.07) is 18.3. The van der Waals surface area contributed by atoms with Crippen LogP contribution < -0.4 is 10.1 Å². The van der Waals surface area contributed by atoms with Crippen LogP contribution in [-0.2, 0) is 11.2 Å². The van der Waals surface area contributed by atoms with Gasteiger partial charge in [0.25, 0.3) is 11.8 Å². The minimum atomic E-state index is -0.192. The van der Waals surface area contributed by atoms with Crippen LogP contribution in [0.4, 0.5) is 5.69 Å². The van der Waals surface area contributed by atoms with E-state index < -0.39 is 0 Å². The van der Waals surface area contributed by atoms with Gasteiger partial charge in [0.15, 0.2) is 0 Å². The number of carbonyl (C=O) groups is 3. The van der Waals surface area contributed by atoms with Crippen LogP contribution >= 0.6 is 11.3 Å². The third-order valence-electron chi connectivity index (χ3n) is 6.03. The lowest BCUT2D eigenvalue weighted by Gasteiger charge is -2.22. The molecule has 3 aromatic rings. The van der Waals surface area contributed by atoms with Crippen LogP contribution in [-0.4, -0.2) is 60.8 Å². The lowest BCUT2D eigenvalue weighted by molar-refractivity contribution is -0.131. The topological polar surface area (TPSA) is 79.0 Å². The van der Waals surface area contributed by atoms with E-state index in [-0.39, 0.29) is 17.7 Å². The van der Waals surface area contributed by atoms with E-state index in [1.165, 1.54) is 11.3 Å². The standard InChI is InChI=1S/C27H29N3O4S/c1-34-23-11-8-20(9-12-23)10-13-25(31)29-14-4-15-30(17-16-29)27(33)21-5-2-6-22(19-21)28-26(32)24-7-3-18-35-24/h2-3,5-9,11-12,18-19H,4,10,13-17H2,1H3,(H,28,32). The smallest absolute Gasteiger partial charge is 0.265 e. The lowest BCUT2D eigenvalue weighted by Crippen LogP contribution is -2.37. The molecule has 4 rings (SSSR count). The Balaban J connectivity index is 1.30. The second-order valence-electron chi connectivity index (χ2n) is 8.39. The van der Waals surface area contributed by atoms with Gasteiger partial charge in [-0.3, -0.25) is 14.4 Å². The first-order valence-electron chi connectivity index (χ1n) is 11.7. The number of anilines is 1. The van der Waals surface area contributed by atoms with Crippen molar-refractivity contribution >= 4 is 34.7 Å². The van der Waals surface area contributed by atoms with Crippen molar-refractivity contribution in [1.29, 1.82) is 0 Å². The third-order valence-corrected chi connectivity index (χ3v) is 6.90. The fourth-order valence-electron chi connectivity index (χ4n) is 4.08. The molecule has 3 amide bonds. The molecule has 2 aromatic carbocycles. The highest BCUT2D eigenvalue weighted by atomic mass is 32.1. The maximum atomic E-state index is 13.2. The molecular formula is C27H29N3O4S. The number of amides is 3. The summed E-state index contributed by atoms with van der Waals surface area (Å²) in [4.78, 5) is 42.6. The van der Waals surface area contributed by atoms with Crippen LogP contribution in [0.1, 0.15) is 38.4 Å². The second kappa shape index (κ2) is 11.7. The predicted molar refractivity (Wildman–Crippen MR) is 137 cm³/mol. The third kappa shape index (κ3) is 6.48. The first-order chi connectivity index (χ1) is 17.0. The Bertz CT molecular complexity index is 1160. The molecule has 1 fully saturated rings. The van der Waals surface area contributed by atoms with Crippen molar-refractivity contribution < 1.29 is 19.1 Å². The van der Waals surface area contributed by atoms with Crippen LogP contribution in [0, 0.1) is 0 Å². The van der Waals surface area contributed by atoms with Gasteiger partial charge in [0.05, 0.1) is 12.0 Å². The zero-order valence-corrected chi connectivity index (χ0v) is 20.6. The Morgan fingerprint density at radius 2 is 1.71 bits per heavy atom. The van der Waals surface area contributed by atoms with Gasteiger partial charge >= 0.3 is 0 Å². The van der Waals surface area contributed by atoms with E-state index in [1.807, 2.05) is 40.6 Å². The lowest BCUT2D eigenvalue weighted by atomic mass is 10.1. The van der Waals surface area contributed by atoms with Gasteiger partial charge in [-0.25, -0.2) is 0 Å². The molecule has 182 valence electrons. The molecule has 8 heteroatoms.